The average molecular weight is 244 g/mol. The molecule has 0 amide bonds. The lowest BCUT2D eigenvalue weighted by atomic mass is 9.99. The Morgan fingerprint density at radius 3 is 2.69 bits per heavy atom. The van der Waals surface area contributed by atoms with Crippen LogP contribution in [0, 0.1) is 5.92 Å². The van der Waals surface area contributed by atoms with Crippen LogP contribution in [0.5, 0.6) is 0 Å². The molecule has 1 aromatic rings. The van der Waals surface area contributed by atoms with E-state index in [1.54, 1.807) is 0 Å². The second-order valence-electron chi connectivity index (χ2n) is 4.00. The Kier molecular flexibility index (Phi) is 3.27. The summed E-state index contributed by atoms with van der Waals surface area (Å²) in [5, 5.41) is 0.165. The van der Waals surface area contributed by atoms with E-state index in [-0.39, 0.29) is 5.03 Å². The van der Waals surface area contributed by atoms with E-state index in [0.29, 0.717) is 25.6 Å². The molecule has 0 saturated carbocycles. The molecule has 0 aliphatic carbocycles. The Morgan fingerprint density at radius 2 is 2.19 bits per heavy atom. The number of aromatic nitrogens is 2. The van der Waals surface area contributed by atoms with Crippen LogP contribution in [0.15, 0.2) is 17.6 Å². The maximum atomic E-state index is 12.1. The molecule has 0 unspecified atom stereocenters. The van der Waals surface area contributed by atoms with Crippen molar-refractivity contribution >= 4 is 10.0 Å². The topological polar surface area (TPSA) is 92.1 Å². The SMILES string of the molecule is NCC1CCN(S(=O)(=O)c2cnc[nH]2)CC1. The summed E-state index contributed by atoms with van der Waals surface area (Å²) >= 11 is 0. The van der Waals surface area contributed by atoms with Crippen molar-refractivity contribution in [2.24, 2.45) is 11.7 Å². The molecule has 0 bridgehead atoms. The van der Waals surface area contributed by atoms with Crippen LogP contribution in [0.1, 0.15) is 12.8 Å². The molecular weight excluding hydrogens is 228 g/mol. The monoisotopic (exact) mass is 244 g/mol. The van der Waals surface area contributed by atoms with Crippen molar-refractivity contribution in [3.63, 3.8) is 0 Å². The molecule has 0 aromatic carbocycles. The van der Waals surface area contributed by atoms with Gasteiger partial charge in [-0.1, -0.05) is 0 Å². The van der Waals surface area contributed by atoms with Gasteiger partial charge in [0.15, 0.2) is 5.03 Å². The van der Waals surface area contributed by atoms with Gasteiger partial charge in [-0.25, -0.2) is 13.4 Å². The maximum Gasteiger partial charge on any atom is 0.260 e. The van der Waals surface area contributed by atoms with Crippen LogP contribution in [0.2, 0.25) is 0 Å². The third-order valence-corrected chi connectivity index (χ3v) is 4.82. The largest absolute Gasteiger partial charge is 0.335 e. The zero-order valence-electron chi connectivity index (χ0n) is 8.96. The summed E-state index contributed by atoms with van der Waals surface area (Å²) < 4.78 is 25.6. The molecular formula is C9H16N4O2S. The molecule has 1 saturated heterocycles. The Morgan fingerprint density at radius 1 is 1.50 bits per heavy atom. The molecule has 2 rings (SSSR count). The van der Waals surface area contributed by atoms with Gasteiger partial charge in [0.25, 0.3) is 10.0 Å². The molecule has 1 aliphatic rings. The summed E-state index contributed by atoms with van der Waals surface area (Å²) in [5.41, 5.74) is 5.57. The van der Waals surface area contributed by atoms with Gasteiger partial charge >= 0.3 is 0 Å². The highest BCUT2D eigenvalue weighted by Gasteiger charge is 2.29. The number of nitrogens with zero attached hydrogens (tertiary/aromatic N) is 2. The molecule has 0 atom stereocenters. The van der Waals surface area contributed by atoms with Crippen LogP contribution in [-0.2, 0) is 10.0 Å². The highest BCUT2D eigenvalue weighted by molar-refractivity contribution is 7.89. The van der Waals surface area contributed by atoms with E-state index in [4.69, 9.17) is 5.73 Å². The van der Waals surface area contributed by atoms with E-state index in [1.807, 2.05) is 0 Å². The van der Waals surface area contributed by atoms with Crippen LogP contribution >= 0.6 is 0 Å². The van der Waals surface area contributed by atoms with Crippen molar-refractivity contribution in [2.75, 3.05) is 19.6 Å². The van der Waals surface area contributed by atoms with E-state index >= 15 is 0 Å². The molecule has 6 nitrogen and oxygen atoms in total. The van der Waals surface area contributed by atoms with Crippen LogP contribution in [0.4, 0.5) is 0 Å². The first-order valence-corrected chi connectivity index (χ1v) is 6.77. The highest BCUT2D eigenvalue weighted by Crippen LogP contribution is 2.21. The van der Waals surface area contributed by atoms with Crippen molar-refractivity contribution in [3.8, 4) is 0 Å². The van der Waals surface area contributed by atoms with Gasteiger partial charge in [0, 0.05) is 13.1 Å². The predicted octanol–water partition coefficient (Wildman–Crippen LogP) is -0.231. The van der Waals surface area contributed by atoms with Gasteiger partial charge in [-0.05, 0) is 25.3 Å². The van der Waals surface area contributed by atoms with E-state index in [9.17, 15) is 8.42 Å². The van der Waals surface area contributed by atoms with E-state index in [1.165, 1.54) is 16.8 Å². The lowest BCUT2D eigenvalue weighted by molar-refractivity contribution is 0.278. The normalized spacial score (nSPS) is 20.1. The van der Waals surface area contributed by atoms with E-state index in [2.05, 4.69) is 9.97 Å². The first-order valence-electron chi connectivity index (χ1n) is 5.33. The number of rotatable bonds is 3. The number of H-pyrrole nitrogens is 1. The van der Waals surface area contributed by atoms with Crippen molar-refractivity contribution in [3.05, 3.63) is 12.5 Å². The van der Waals surface area contributed by atoms with Crippen LogP contribution < -0.4 is 5.73 Å². The molecule has 16 heavy (non-hydrogen) atoms. The van der Waals surface area contributed by atoms with Gasteiger partial charge < -0.3 is 10.7 Å². The first-order chi connectivity index (χ1) is 7.64. The number of imidazole rings is 1. The first kappa shape index (κ1) is 11.6. The fraction of sp³-hybridized carbons (Fsp3) is 0.667. The number of hydrogen-bond donors (Lipinski definition) is 2. The molecule has 2 heterocycles. The average Bonchev–Trinajstić information content (AvgIpc) is 2.83. The molecule has 1 aliphatic heterocycles. The molecule has 7 heteroatoms. The second kappa shape index (κ2) is 4.52. The molecule has 90 valence electrons. The maximum absolute atomic E-state index is 12.1. The summed E-state index contributed by atoms with van der Waals surface area (Å²) in [4.78, 5) is 6.37. The quantitative estimate of drug-likeness (QED) is 0.768. The zero-order valence-corrected chi connectivity index (χ0v) is 9.78. The summed E-state index contributed by atoms with van der Waals surface area (Å²) in [7, 11) is -3.38. The van der Waals surface area contributed by atoms with Crippen molar-refractivity contribution in [1.29, 1.82) is 0 Å². The Labute approximate surface area is 94.9 Å². The third-order valence-electron chi connectivity index (χ3n) is 3.00. The van der Waals surface area contributed by atoms with Gasteiger partial charge in [-0.2, -0.15) is 4.31 Å². The Hall–Kier alpha value is -0.920. The van der Waals surface area contributed by atoms with Crippen molar-refractivity contribution < 1.29 is 8.42 Å². The Bertz CT molecular complexity index is 420. The fourth-order valence-electron chi connectivity index (χ4n) is 1.91. The number of nitrogens with two attached hydrogens (primary N) is 1. The van der Waals surface area contributed by atoms with Crippen molar-refractivity contribution in [1.82, 2.24) is 14.3 Å². The smallest absolute Gasteiger partial charge is 0.260 e. The molecule has 1 fully saturated rings. The minimum atomic E-state index is -3.38. The number of aromatic amines is 1. The second-order valence-corrected chi connectivity index (χ2v) is 5.91. The zero-order chi connectivity index (χ0) is 11.6. The predicted molar refractivity (Wildman–Crippen MR) is 59.1 cm³/mol. The summed E-state index contributed by atoms with van der Waals surface area (Å²) in [6, 6.07) is 0. The molecule has 0 spiro atoms. The van der Waals surface area contributed by atoms with Crippen LogP contribution in [-0.4, -0.2) is 42.3 Å². The Balaban J connectivity index is 2.09. The highest BCUT2D eigenvalue weighted by atomic mass is 32.2. The number of piperidine rings is 1. The minimum Gasteiger partial charge on any atom is -0.335 e. The van der Waals surface area contributed by atoms with Gasteiger partial charge in [0.05, 0.1) is 12.5 Å². The van der Waals surface area contributed by atoms with Gasteiger partial charge in [-0.15, -0.1) is 0 Å². The standard InChI is InChI=1S/C9H16N4O2S/c10-5-8-1-3-13(4-2-8)16(14,15)9-6-11-7-12-9/h6-8H,1-5,10H2,(H,11,12). The lowest BCUT2D eigenvalue weighted by Gasteiger charge is -2.29. The van der Waals surface area contributed by atoms with E-state index < -0.39 is 10.0 Å². The number of sulfonamides is 1. The summed E-state index contributed by atoms with van der Waals surface area (Å²) in [6.45, 7) is 1.73. The summed E-state index contributed by atoms with van der Waals surface area (Å²) in [5.74, 6) is 0.452. The van der Waals surface area contributed by atoms with Gasteiger partial charge in [-0.3, -0.25) is 0 Å². The molecule has 0 radical (unpaired) electrons. The fourth-order valence-corrected chi connectivity index (χ4v) is 3.27. The number of hydrogen-bond acceptors (Lipinski definition) is 4. The van der Waals surface area contributed by atoms with Gasteiger partial charge in [0.2, 0.25) is 0 Å². The van der Waals surface area contributed by atoms with Gasteiger partial charge in [0.1, 0.15) is 0 Å². The van der Waals surface area contributed by atoms with Crippen molar-refractivity contribution in [2.45, 2.75) is 17.9 Å². The minimum absolute atomic E-state index is 0.165. The van der Waals surface area contributed by atoms with Crippen LogP contribution in [0.3, 0.4) is 0 Å². The number of nitrogens with one attached hydrogen (secondary N) is 1. The van der Waals surface area contributed by atoms with E-state index in [0.717, 1.165) is 12.8 Å². The molecule has 1 aromatic heterocycles. The lowest BCUT2D eigenvalue weighted by Crippen LogP contribution is -2.40. The molecule has 3 N–H and O–H groups in total. The summed E-state index contributed by atoms with van der Waals surface area (Å²) in [6.07, 6.45) is 4.39. The van der Waals surface area contributed by atoms with Crippen LogP contribution in [0.25, 0.3) is 0 Å². The third kappa shape index (κ3) is 2.11.